The van der Waals surface area contributed by atoms with Crippen molar-refractivity contribution in [3.05, 3.63) is 42.5 Å². The van der Waals surface area contributed by atoms with Gasteiger partial charge in [0.25, 0.3) is 5.91 Å². The van der Waals surface area contributed by atoms with Crippen LogP contribution >= 0.6 is 0 Å². The molecule has 1 saturated heterocycles. The van der Waals surface area contributed by atoms with Crippen molar-refractivity contribution in [1.29, 1.82) is 0 Å². The van der Waals surface area contributed by atoms with Crippen molar-refractivity contribution in [3.63, 3.8) is 0 Å². The van der Waals surface area contributed by atoms with Crippen LogP contribution in [0.5, 0.6) is 0 Å². The lowest BCUT2D eigenvalue weighted by molar-refractivity contribution is -0.131. The molecule has 1 aliphatic rings. The molecule has 6 nitrogen and oxygen atoms in total. The number of carbonyl (C=O) groups is 3. The topological polar surface area (TPSA) is 69.7 Å². The highest BCUT2D eigenvalue weighted by Crippen LogP contribution is 2.27. The Morgan fingerprint density at radius 3 is 2.58 bits per heavy atom. The van der Waals surface area contributed by atoms with Crippen LogP contribution in [0.2, 0.25) is 0 Å². The van der Waals surface area contributed by atoms with Gasteiger partial charge >= 0.3 is 6.03 Å². The number of amides is 4. The first kappa shape index (κ1) is 17.9. The van der Waals surface area contributed by atoms with E-state index in [1.807, 2.05) is 56.3 Å². The van der Waals surface area contributed by atoms with Crippen LogP contribution in [0.1, 0.15) is 26.7 Å². The van der Waals surface area contributed by atoms with Crippen molar-refractivity contribution in [3.8, 4) is 0 Å². The number of rotatable bonds is 6. The first-order chi connectivity index (χ1) is 12.6. The Balaban J connectivity index is 1.83. The highest BCUT2D eigenvalue weighted by atomic mass is 16.2. The zero-order chi connectivity index (χ0) is 18.7. The number of hydrogen-bond acceptors (Lipinski definition) is 3. The molecule has 0 aliphatic carbocycles. The third kappa shape index (κ3) is 3.27. The number of hydrogen-bond donors (Lipinski definition) is 1. The van der Waals surface area contributed by atoms with Crippen LogP contribution in [-0.4, -0.2) is 41.9 Å². The Labute approximate surface area is 152 Å². The van der Waals surface area contributed by atoms with Crippen LogP contribution in [0.25, 0.3) is 10.8 Å². The van der Waals surface area contributed by atoms with E-state index in [0.29, 0.717) is 13.0 Å². The normalized spacial score (nSPS) is 16.8. The molecule has 1 fully saturated rings. The Kier molecular flexibility index (Phi) is 5.21. The summed E-state index contributed by atoms with van der Waals surface area (Å²) < 4.78 is 0. The van der Waals surface area contributed by atoms with Gasteiger partial charge in [0, 0.05) is 11.9 Å². The van der Waals surface area contributed by atoms with Gasteiger partial charge in [-0.15, -0.1) is 0 Å². The summed E-state index contributed by atoms with van der Waals surface area (Å²) in [5.74, 6) is -0.594. The molecule has 4 amide bonds. The van der Waals surface area contributed by atoms with Crippen molar-refractivity contribution in [2.24, 2.45) is 0 Å². The number of likely N-dealkylation sites (N-methyl/N-ethyl adjacent to an activating group) is 1. The van der Waals surface area contributed by atoms with Crippen molar-refractivity contribution < 1.29 is 14.4 Å². The average Bonchev–Trinajstić information content (AvgIpc) is 2.90. The molecule has 6 heteroatoms. The lowest BCUT2D eigenvalue weighted by atomic mass is 10.1. The average molecular weight is 353 g/mol. The quantitative estimate of drug-likeness (QED) is 0.812. The molecule has 0 aromatic heterocycles. The number of urea groups is 1. The first-order valence-electron chi connectivity index (χ1n) is 8.96. The molecule has 136 valence electrons. The Hall–Kier alpha value is -2.89. The van der Waals surface area contributed by atoms with Crippen LogP contribution in [-0.2, 0) is 9.59 Å². The van der Waals surface area contributed by atoms with E-state index in [1.165, 1.54) is 0 Å². The summed E-state index contributed by atoms with van der Waals surface area (Å²) in [7, 11) is 0. The molecule has 0 saturated carbocycles. The van der Waals surface area contributed by atoms with Crippen molar-refractivity contribution in [2.45, 2.75) is 32.7 Å². The molecule has 26 heavy (non-hydrogen) atoms. The van der Waals surface area contributed by atoms with E-state index < -0.39 is 12.1 Å². The van der Waals surface area contributed by atoms with Crippen LogP contribution in [0.15, 0.2) is 42.5 Å². The molecule has 0 bridgehead atoms. The zero-order valence-electron chi connectivity index (χ0n) is 15.1. The number of fused-ring (bicyclic) bond motifs is 1. The molecule has 1 heterocycles. The van der Waals surface area contributed by atoms with Crippen LogP contribution in [0.4, 0.5) is 10.5 Å². The maximum atomic E-state index is 12.9. The summed E-state index contributed by atoms with van der Waals surface area (Å²) in [6.07, 6.45) is 1.37. The maximum Gasteiger partial charge on any atom is 0.325 e. The third-order valence-corrected chi connectivity index (χ3v) is 4.65. The molecule has 0 spiro atoms. The van der Waals surface area contributed by atoms with Gasteiger partial charge in [0.2, 0.25) is 5.91 Å². The summed E-state index contributed by atoms with van der Waals surface area (Å²) in [6, 6.07) is 12.6. The highest BCUT2D eigenvalue weighted by molar-refractivity contribution is 6.10. The second kappa shape index (κ2) is 7.56. The fourth-order valence-corrected chi connectivity index (χ4v) is 3.36. The lowest BCUT2D eigenvalue weighted by Gasteiger charge is -2.24. The van der Waals surface area contributed by atoms with Gasteiger partial charge in [0.15, 0.2) is 0 Å². The van der Waals surface area contributed by atoms with E-state index in [4.69, 9.17) is 0 Å². The fraction of sp³-hybridized carbons (Fsp3) is 0.350. The molecule has 0 radical (unpaired) electrons. The highest BCUT2D eigenvalue weighted by Gasteiger charge is 2.39. The van der Waals surface area contributed by atoms with Gasteiger partial charge in [0.05, 0.1) is 5.69 Å². The van der Waals surface area contributed by atoms with E-state index in [9.17, 15) is 14.4 Å². The number of carbonyl (C=O) groups excluding carboxylic acids is 3. The van der Waals surface area contributed by atoms with Gasteiger partial charge in [-0.1, -0.05) is 49.7 Å². The molecule has 3 rings (SSSR count). The molecule has 1 N–H and O–H groups in total. The van der Waals surface area contributed by atoms with Gasteiger partial charge in [-0.05, 0) is 24.8 Å². The predicted molar refractivity (Wildman–Crippen MR) is 101 cm³/mol. The Morgan fingerprint density at radius 2 is 1.85 bits per heavy atom. The van der Waals surface area contributed by atoms with Crippen molar-refractivity contribution in [1.82, 2.24) is 10.2 Å². The monoisotopic (exact) mass is 353 g/mol. The number of nitrogens with one attached hydrogen (secondary N) is 1. The van der Waals surface area contributed by atoms with Crippen LogP contribution < -0.4 is 10.2 Å². The first-order valence-corrected chi connectivity index (χ1v) is 8.96. The maximum absolute atomic E-state index is 12.9. The van der Waals surface area contributed by atoms with Gasteiger partial charge < -0.3 is 10.2 Å². The van der Waals surface area contributed by atoms with Gasteiger partial charge in [-0.25, -0.2) is 4.79 Å². The Bertz CT molecular complexity index is 844. The smallest absolute Gasteiger partial charge is 0.325 e. The van der Waals surface area contributed by atoms with E-state index in [1.54, 1.807) is 4.90 Å². The number of imide groups is 1. The van der Waals surface area contributed by atoms with Crippen molar-refractivity contribution in [2.75, 3.05) is 18.0 Å². The summed E-state index contributed by atoms with van der Waals surface area (Å²) in [5.41, 5.74) is 0.785. The molecule has 0 unspecified atom stereocenters. The van der Waals surface area contributed by atoms with Crippen LogP contribution in [0, 0.1) is 0 Å². The van der Waals surface area contributed by atoms with Crippen molar-refractivity contribution >= 4 is 34.3 Å². The summed E-state index contributed by atoms with van der Waals surface area (Å²) in [4.78, 5) is 40.0. The number of benzene rings is 2. The summed E-state index contributed by atoms with van der Waals surface area (Å²) in [6.45, 7) is 4.04. The van der Waals surface area contributed by atoms with E-state index in [-0.39, 0.29) is 18.4 Å². The fourth-order valence-electron chi connectivity index (χ4n) is 3.36. The number of nitrogens with zero attached hydrogens (tertiary/aromatic N) is 2. The van der Waals surface area contributed by atoms with E-state index in [2.05, 4.69) is 5.32 Å². The zero-order valence-corrected chi connectivity index (χ0v) is 15.1. The molecular formula is C20H23N3O3. The minimum Gasteiger partial charge on any atom is -0.326 e. The van der Waals surface area contributed by atoms with Crippen LogP contribution in [0.3, 0.4) is 0 Å². The lowest BCUT2D eigenvalue weighted by Crippen LogP contribution is -2.43. The molecule has 2 aromatic carbocycles. The Morgan fingerprint density at radius 1 is 1.12 bits per heavy atom. The molecular weight excluding hydrogens is 330 g/mol. The second-order valence-electron chi connectivity index (χ2n) is 6.35. The van der Waals surface area contributed by atoms with E-state index >= 15 is 0 Å². The molecule has 2 aromatic rings. The summed E-state index contributed by atoms with van der Waals surface area (Å²) in [5, 5.41) is 4.65. The predicted octanol–water partition coefficient (Wildman–Crippen LogP) is 2.91. The minimum absolute atomic E-state index is 0.248. The van der Waals surface area contributed by atoms with Gasteiger partial charge in [-0.3, -0.25) is 14.5 Å². The van der Waals surface area contributed by atoms with Gasteiger partial charge in [-0.2, -0.15) is 0 Å². The third-order valence-electron chi connectivity index (χ3n) is 4.65. The minimum atomic E-state index is -0.520. The molecule has 1 aliphatic heterocycles. The summed E-state index contributed by atoms with van der Waals surface area (Å²) >= 11 is 0. The van der Waals surface area contributed by atoms with E-state index in [0.717, 1.165) is 27.8 Å². The van der Waals surface area contributed by atoms with Gasteiger partial charge in [0.1, 0.15) is 12.6 Å². The molecule has 1 atom stereocenters. The number of anilines is 1. The largest absolute Gasteiger partial charge is 0.326 e. The second-order valence-corrected chi connectivity index (χ2v) is 6.35. The SMILES string of the molecule is CCC[C@@H]1NC(=O)N(CC(=O)N(CC)c2cccc3ccccc23)C1=O. The standard InChI is InChI=1S/C20H23N3O3/c1-3-8-16-19(25)23(20(26)21-16)13-18(24)22(4-2)17-12-7-10-14-9-5-6-11-15(14)17/h5-7,9-12,16H,3-4,8,13H2,1-2H3,(H,21,26)/t16-/m0/s1.